The Morgan fingerprint density at radius 1 is 0.808 bits per heavy atom. The minimum atomic E-state index is -0.579. The van der Waals surface area contributed by atoms with Crippen LogP contribution in [-0.2, 0) is 9.53 Å². The number of rotatable bonds is 7. The zero-order valence-electron chi connectivity index (χ0n) is 20.0. The Labute approximate surface area is 164 Å². The standard InChI is InChI=1S/C24H46O2/c1-14-18(15-2)16-22(9,10)23(11,12)26-19(25)24(13,21(6,7)8)17-20(3,4)5/h16H,14-15,17H2,1-13H3. The predicted octanol–water partition coefficient (Wildman–Crippen LogP) is 7.57. The van der Waals surface area contributed by atoms with Gasteiger partial charge in [-0.1, -0.05) is 80.9 Å². The number of esters is 1. The van der Waals surface area contributed by atoms with E-state index in [2.05, 4.69) is 82.2 Å². The van der Waals surface area contributed by atoms with E-state index in [0.29, 0.717) is 0 Å². The largest absolute Gasteiger partial charge is 0.458 e. The zero-order chi connectivity index (χ0) is 21.2. The summed E-state index contributed by atoms with van der Waals surface area (Å²) < 4.78 is 6.25. The molecule has 0 aliphatic carbocycles. The van der Waals surface area contributed by atoms with Gasteiger partial charge in [-0.3, -0.25) is 4.79 Å². The molecule has 0 aromatic rings. The highest BCUT2D eigenvalue weighted by Gasteiger charge is 2.50. The average molecular weight is 367 g/mol. The summed E-state index contributed by atoms with van der Waals surface area (Å²) >= 11 is 0. The fourth-order valence-corrected chi connectivity index (χ4v) is 3.32. The maximum Gasteiger partial charge on any atom is 0.312 e. The summed E-state index contributed by atoms with van der Waals surface area (Å²) in [4.78, 5) is 13.4. The third-order valence-corrected chi connectivity index (χ3v) is 6.36. The molecule has 0 bridgehead atoms. The molecule has 154 valence electrons. The highest BCUT2D eigenvalue weighted by molar-refractivity contribution is 5.78. The van der Waals surface area contributed by atoms with E-state index in [1.165, 1.54) is 5.57 Å². The number of hydrogen-bond acceptors (Lipinski definition) is 2. The molecule has 0 saturated carbocycles. The molecule has 0 saturated heterocycles. The lowest BCUT2D eigenvalue weighted by atomic mass is 9.61. The minimum Gasteiger partial charge on any atom is -0.458 e. The smallest absolute Gasteiger partial charge is 0.312 e. The number of ether oxygens (including phenoxy) is 1. The number of hydrogen-bond donors (Lipinski definition) is 0. The third kappa shape index (κ3) is 6.13. The van der Waals surface area contributed by atoms with Crippen LogP contribution in [0.5, 0.6) is 0 Å². The molecule has 2 nitrogen and oxygen atoms in total. The summed E-state index contributed by atoms with van der Waals surface area (Å²) in [6.07, 6.45) is 5.17. The Morgan fingerprint density at radius 2 is 1.23 bits per heavy atom. The predicted molar refractivity (Wildman–Crippen MR) is 114 cm³/mol. The maximum atomic E-state index is 13.4. The number of carbonyl (C=O) groups is 1. The van der Waals surface area contributed by atoms with E-state index in [9.17, 15) is 4.79 Å². The Morgan fingerprint density at radius 3 is 1.54 bits per heavy atom. The first kappa shape index (κ1) is 25.2. The highest BCUT2D eigenvalue weighted by Crippen LogP contribution is 2.49. The molecule has 26 heavy (non-hydrogen) atoms. The first-order valence-electron chi connectivity index (χ1n) is 10.3. The summed E-state index contributed by atoms with van der Waals surface area (Å²) in [6.45, 7) is 27.9. The van der Waals surface area contributed by atoms with Gasteiger partial charge in [0.05, 0.1) is 5.41 Å². The summed E-state index contributed by atoms with van der Waals surface area (Å²) in [5.41, 5.74) is -0.0637. The molecule has 1 unspecified atom stereocenters. The van der Waals surface area contributed by atoms with Gasteiger partial charge >= 0.3 is 5.97 Å². The minimum absolute atomic E-state index is 0.0538. The molecule has 0 heterocycles. The van der Waals surface area contributed by atoms with E-state index in [4.69, 9.17) is 4.74 Å². The van der Waals surface area contributed by atoms with Gasteiger partial charge in [-0.05, 0) is 50.9 Å². The Balaban J connectivity index is 5.82. The maximum absolute atomic E-state index is 13.4. The first-order chi connectivity index (χ1) is 11.3. The lowest BCUT2D eigenvalue weighted by Crippen LogP contribution is -2.50. The molecule has 1 atom stereocenters. The van der Waals surface area contributed by atoms with Crippen molar-refractivity contribution >= 4 is 5.97 Å². The molecular formula is C24H46O2. The van der Waals surface area contributed by atoms with Crippen molar-refractivity contribution in [2.24, 2.45) is 21.7 Å². The summed E-state index contributed by atoms with van der Waals surface area (Å²) in [7, 11) is 0. The van der Waals surface area contributed by atoms with Crippen molar-refractivity contribution in [3.05, 3.63) is 11.6 Å². The van der Waals surface area contributed by atoms with Crippen molar-refractivity contribution in [2.75, 3.05) is 0 Å². The fourth-order valence-electron chi connectivity index (χ4n) is 3.32. The van der Waals surface area contributed by atoms with E-state index >= 15 is 0 Å². The highest BCUT2D eigenvalue weighted by atomic mass is 16.6. The third-order valence-electron chi connectivity index (χ3n) is 6.36. The molecule has 0 amide bonds. The molecule has 2 heteroatoms. The molecule has 0 aliphatic rings. The van der Waals surface area contributed by atoms with E-state index in [0.717, 1.165) is 19.3 Å². The van der Waals surface area contributed by atoms with Crippen LogP contribution in [0.1, 0.15) is 109 Å². The van der Waals surface area contributed by atoms with Crippen LogP contribution >= 0.6 is 0 Å². The fraction of sp³-hybridized carbons (Fsp3) is 0.875. The molecule has 0 fully saturated rings. The van der Waals surface area contributed by atoms with Crippen LogP contribution in [0, 0.1) is 21.7 Å². The quantitative estimate of drug-likeness (QED) is 0.343. The van der Waals surface area contributed by atoms with E-state index < -0.39 is 11.0 Å². The van der Waals surface area contributed by atoms with Gasteiger partial charge < -0.3 is 4.74 Å². The molecule has 0 spiro atoms. The van der Waals surface area contributed by atoms with Gasteiger partial charge in [0.25, 0.3) is 0 Å². The SMILES string of the molecule is CCC(=CC(C)(C)C(C)(C)OC(=O)C(C)(CC(C)(C)C)C(C)(C)C)CC. The monoisotopic (exact) mass is 366 g/mol. The van der Waals surface area contributed by atoms with Crippen molar-refractivity contribution in [1.82, 2.24) is 0 Å². The molecule has 0 aliphatic heterocycles. The normalized spacial score (nSPS) is 16.0. The Hall–Kier alpha value is -0.790. The topological polar surface area (TPSA) is 26.3 Å². The van der Waals surface area contributed by atoms with Crippen molar-refractivity contribution in [1.29, 1.82) is 0 Å². The van der Waals surface area contributed by atoms with E-state index in [1.807, 2.05) is 13.8 Å². The van der Waals surface area contributed by atoms with Crippen LogP contribution in [0.3, 0.4) is 0 Å². The van der Waals surface area contributed by atoms with Crippen LogP contribution < -0.4 is 0 Å². The zero-order valence-corrected chi connectivity index (χ0v) is 20.0. The summed E-state index contributed by atoms with van der Waals surface area (Å²) in [5, 5.41) is 0. The van der Waals surface area contributed by atoms with Crippen LogP contribution in [0.4, 0.5) is 0 Å². The van der Waals surface area contributed by atoms with Crippen LogP contribution in [0.15, 0.2) is 11.6 Å². The van der Waals surface area contributed by atoms with Gasteiger partial charge in [0, 0.05) is 5.41 Å². The molecular weight excluding hydrogens is 320 g/mol. The van der Waals surface area contributed by atoms with Gasteiger partial charge in [0.15, 0.2) is 0 Å². The second-order valence-corrected chi connectivity index (χ2v) is 11.5. The lowest BCUT2D eigenvalue weighted by Gasteiger charge is -2.47. The van der Waals surface area contributed by atoms with Crippen molar-refractivity contribution < 1.29 is 9.53 Å². The second-order valence-electron chi connectivity index (χ2n) is 11.5. The van der Waals surface area contributed by atoms with E-state index in [-0.39, 0.29) is 22.2 Å². The Bertz CT molecular complexity index is 503. The van der Waals surface area contributed by atoms with Crippen molar-refractivity contribution in [3.8, 4) is 0 Å². The first-order valence-corrected chi connectivity index (χ1v) is 10.3. The van der Waals surface area contributed by atoms with Gasteiger partial charge in [-0.15, -0.1) is 0 Å². The van der Waals surface area contributed by atoms with Gasteiger partial charge in [-0.2, -0.15) is 0 Å². The average Bonchev–Trinajstić information content (AvgIpc) is 2.40. The van der Waals surface area contributed by atoms with Crippen LogP contribution in [0.2, 0.25) is 0 Å². The van der Waals surface area contributed by atoms with Crippen LogP contribution in [0.25, 0.3) is 0 Å². The molecule has 0 rings (SSSR count). The van der Waals surface area contributed by atoms with Crippen molar-refractivity contribution in [2.45, 2.75) is 115 Å². The van der Waals surface area contributed by atoms with Crippen LogP contribution in [-0.4, -0.2) is 11.6 Å². The molecule has 0 aromatic heterocycles. The second kappa shape index (κ2) is 8.07. The Kier molecular flexibility index (Phi) is 7.82. The lowest BCUT2D eigenvalue weighted by molar-refractivity contribution is -0.186. The summed E-state index contributed by atoms with van der Waals surface area (Å²) in [6, 6.07) is 0. The summed E-state index contributed by atoms with van der Waals surface area (Å²) in [5.74, 6) is -0.0825. The number of carbonyl (C=O) groups excluding carboxylic acids is 1. The molecule has 0 aromatic carbocycles. The van der Waals surface area contributed by atoms with Crippen molar-refractivity contribution in [3.63, 3.8) is 0 Å². The van der Waals surface area contributed by atoms with Gasteiger partial charge in [0.1, 0.15) is 5.60 Å². The van der Waals surface area contributed by atoms with Gasteiger partial charge in [0.2, 0.25) is 0 Å². The molecule has 0 N–H and O–H groups in total. The number of allylic oxidation sites excluding steroid dienone is 1. The van der Waals surface area contributed by atoms with E-state index in [1.54, 1.807) is 0 Å². The molecule has 0 radical (unpaired) electrons. The van der Waals surface area contributed by atoms with Gasteiger partial charge in [-0.25, -0.2) is 0 Å².